The molecule has 2 aromatic carbocycles. The van der Waals surface area contributed by atoms with Crippen molar-refractivity contribution >= 4 is 24.8 Å². The summed E-state index contributed by atoms with van der Waals surface area (Å²) in [4.78, 5) is 2.41. The van der Waals surface area contributed by atoms with E-state index >= 15 is 0 Å². The molecule has 1 aliphatic heterocycles. The fourth-order valence-electron chi connectivity index (χ4n) is 3.16. The molecule has 0 aliphatic carbocycles. The van der Waals surface area contributed by atoms with Gasteiger partial charge in [0.15, 0.2) is 0 Å². The predicted octanol–water partition coefficient (Wildman–Crippen LogP) is 3.67. The highest BCUT2D eigenvalue weighted by Crippen LogP contribution is 2.22. The lowest BCUT2D eigenvalue weighted by atomic mass is 10.1. The van der Waals surface area contributed by atoms with Crippen LogP contribution in [0.15, 0.2) is 42.5 Å². The summed E-state index contributed by atoms with van der Waals surface area (Å²) in [5.41, 5.74) is 3.74. The monoisotopic (exact) mass is 428 g/mol. The smallest absolute Gasteiger partial charge is 0.123 e. The first-order chi connectivity index (χ1) is 12.8. The van der Waals surface area contributed by atoms with Crippen molar-refractivity contribution in [3.63, 3.8) is 0 Å². The zero-order valence-electron chi connectivity index (χ0n) is 16.5. The number of methoxy groups -OCH3 is 2. The number of morpholine rings is 1. The standard InChI is InChI=1S/C21H28N2O3.2ClH/c1-24-20-6-3-17(4-7-20)14-22-15-18-5-8-21(25-2)19(13-18)16-23-9-11-26-12-10-23;;/h3-8,13,22H,9-12,14-16H2,1-2H3;2*1H. The lowest BCUT2D eigenvalue weighted by Crippen LogP contribution is -2.35. The van der Waals surface area contributed by atoms with E-state index < -0.39 is 0 Å². The molecule has 0 atom stereocenters. The van der Waals surface area contributed by atoms with Crippen molar-refractivity contribution in [3.8, 4) is 11.5 Å². The van der Waals surface area contributed by atoms with Gasteiger partial charge in [-0.3, -0.25) is 4.90 Å². The highest BCUT2D eigenvalue weighted by Gasteiger charge is 2.13. The molecule has 0 saturated carbocycles. The molecule has 0 amide bonds. The van der Waals surface area contributed by atoms with Crippen LogP contribution >= 0.6 is 24.8 Å². The Labute approximate surface area is 180 Å². The Bertz CT molecular complexity index is 693. The van der Waals surface area contributed by atoms with Crippen LogP contribution in [0.2, 0.25) is 0 Å². The lowest BCUT2D eigenvalue weighted by molar-refractivity contribution is 0.0339. The molecule has 5 nitrogen and oxygen atoms in total. The lowest BCUT2D eigenvalue weighted by Gasteiger charge is -2.27. The quantitative estimate of drug-likeness (QED) is 0.694. The molecule has 1 N–H and O–H groups in total. The molecule has 0 radical (unpaired) electrons. The maximum Gasteiger partial charge on any atom is 0.123 e. The third kappa shape index (κ3) is 7.15. The second-order valence-corrected chi connectivity index (χ2v) is 6.49. The topological polar surface area (TPSA) is 43.0 Å². The molecule has 3 rings (SSSR count). The Kier molecular flexibility index (Phi) is 11.3. The number of nitrogens with one attached hydrogen (secondary N) is 1. The minimum atomic E-state index is 0. The first-order valence-electron chi connectivity index (χ1n) is 9.08. The van der Waals surface area contributed by atoms with E-state index in [2.05, 4.69) is 40.5 Å². The van der Waals surface area contributed by atoms with Gasteiger partial charge in [0, 0.05) is 38.3 Å². The van der Waals surface area contributed by atoms with Gasteiger partial charge in [0.25, 0.3) is 0 Å². The molecular weight excluding hydrogens is 399 g/mol. The average molecular weight is 429 g/mol. The molecule has 0 aromatic heterocycles. The molecule has 1 fully saturated rings. The van der Waals surface area contributed by atoms with Gasteiger partial charge in [0.1, 0.15) is 11.5 Å². The number of ether oxygens (including phenoxy) is 3. The van der Waals surface area contributed by atoms with Crippen molar-refractivity contribution in [1.82, 2.24) is 10.2 Å². The van der Waals surface area contributed by atoms with Gasteiger partial charge >= 0.3 is 0 Å². The second-order valence-electron chi connectivity index (χ2n) is 6.49. The summed E-state index contributed by atoms with van der Waals surface area (Å²) in [6, 6.07) is 14.6. The summed E-state index contributed by atoms with van der Waals surface area (Å²) >= 11 is 0. The van der Waals surface area contributed by atoms with Gasteiger partial charge in [-0.2, -0.15) is 0 Å². The second kappa shape index (κ2) is 12.9. The van der Waals surface area contributed by atoms with Crippen LogP contribution in [-0.4, -0.2) is 45.4 Å². The molecule has 0 unspecified atom stereocenters. The van der Waals surface area contributed by atoms with Crippen LogP contribution in [0.4, 0.5) is 0 Å². The van der Waals surface area contributed by atoms with Crippen LogP contribution in [-0.2, 0) is 24.4 Å². The van der Waals surface area contributed by atoms with E-state index in [0.29, 0.717) is 0 Å². The number of nitrogens with zero attached hydrogens (tertiary/aromatic N) is 1. The Hall–Kier alpha value is -1.50. The van der Waals surface area contributed by atoms with Crippen LogP contribution in [0, 0.1) is 0 Å². The van der Waals surface area contributed by atoms with Gasteiger partial charge in [-0.05, 0) is 35.4 Å². The molecular formula is C21H30Cl2N2O3. The normalized spacial score (nSPS) is 13.9. The average Bonchev–Trinajstić information content (AvgIpc) is 2.69. The molecule has 0 bridgehead atoms. The first kappa shape index (κ1) is 24.5. The molecule has 2 aromatic rings. The maximum atomic E-state index is 5.55. The molecule has 1 saturated heterocycles. The van der Waals surface area contributed by atoms with Crippen molar-refractivity contribution in [1.29, 1.82) is 0 Å². The summed E-state index contributed by atoms with van der Waals surface area (Å²) in [6.07, 6.45) is 0. The van der Waals surface area contributed by atoms with Crippen molar-refractivity contribution < 1.29 is 14.2 Å². The molecule has 0 spiro atoms. The largest absolute Gasteiger partial charge is 0.497 e. The van der Waals surface area contributed by atoms with Crippen LogP contribution in [0.5, 0.6) is 11.5 Å². The SMILES string of the molecule is COc1ccc(CNCc2ccc(OC)c(CN3CCOCC3)c2)cc1.Cl.Cl. The summed E-state index contributed by atoms with van der Waals surface area (Å²) < 4.78 is 16.2. The Morgan fingerprint density at radius 3 is 2.18 bits per heavy atom. The Morgan fingerprint density at radius 1 is 0.893 bits per heavy atom. The highest BCUT2D eigenvalue weighted by atomic mass is 35.5. The molecule has 28 heavy (non-hydrogen) atoms. The van der Waals surface area contributed by atoms with Crippen molar-refractivity contribution in [2.75, 3.05) is 40.5 Å². The molecule has 1 aliphatic rings. The maximum absolute atomic E-state index is 5.55. The fourth-order valence-corrected chi connectivity index (χ4v) is 3.16. The Morgan fingerprint density at radius 2 is 1.54 bits per heavy atom. The van der Waals surface area contributed by atoms with Crippen LogP contribution < -0.4 is 14.8 Å². The molecule has 156 valence electrons. The summed E-state index contributed by atoms with van der Waals surface area (Å²) in [5, 5.41) is 3.51. The van der Waals surface area contributed by atoms with E-state index in [1.54, 1.807) is 14.2 Å². The van der Waals surface area contributed by atoms with Crippen molar-refractivity contribution in [2.45, 2.75) is 19.6 Å². The van der Waals surface area contributed by atoms with Crippen LogP contribution in [0.25, 0.3) is 0 Å². The number of benzene rings is 2. The number of hydrogen-bond donors (Lipinski definition) is 1. The van der Waals surface area contributed by atoms with Gasteiger partial charge in [0.05, 0.1) is 27.4 Å². The first-order valence-corrected chi connectivity index (χ1v) is 9.08. The summed E-state index contributed by atoms with van der Waals surface area (Å²) in [6.45, 7) is 6.13. The predicted molar refractivity (Wildman–Crippen MR) is 117 cm³/mol. The van der Waals surface area contributed by atoms with E-state index in [9.17, 15) is 0 Å². The van der Waals surface area contributed by atoms with Gasteiger partial charge in [-0.15, -0.1) is 24.8 Å². The molecule has 1 heterocycles. The number of rotatable bonds is 8. The fraction of sp³-hybridized carbons (Fsp3) is 0.429. The number of halogens is 2. The zero-order valence-corrected chi connectivity index (χ0v) is 18.1. The Balaban J connectivity index is 0.00000196. The minimum Gasteiger partial charge on any atom is -0.497 e. The van der Waals surface area contributed by atoms with E-state index in [1.165, 1.54) is 16.7 Å². The van der Waals surface area contributed by atoms with E-state index in [0.717, 1.165) is 57.4 Å². The van der Waals surface area contributed by atoms with Gasteiger partial charge in [0.2, 0.25) is 0 Å². The van der Waals surface area contributed by atoms with Crippen LogP contribution in [0.1, 0.15) is 16.7 Å². The van der Waals surface area contributed by atoms with E-state index in [1.807, 2.05) is 12.1 Å². The van der Waals surface area contributed by atoms with Gasteiger partial charge < -0.3 is 19.5 Å². The van der Waals surface area contributed by atoms with E-state index in [4.69, 9.17) is 14.2 Å². The third-order valence-corrected chi connectivity index (χ3v) is 4.66. The van der Waals surface area contributed by atoms with Crippen LogP contribution in [0.3, 0.4) is 0 Å². The molecule has 7 heteroatoms. The van der Waals surface area contributed by atoms with Crippen molar-refractivity contribution in [3.05, 3.63) is 59.2 Å². The minimum absolute atomic E-state index is 0. The van der Waals surface area contributed by atoms with Gasteiger partial charge in [-0.1, -0.05) is 18.2 Å². The highest BCUT2D eigenvalue weighted by molar-refractivity contribution is 5.85. The van der Waals surface area contributed by atoms with Crippen molar-refractivity contribution in [2.24, 2.45) is 0 Å². The van der Waals surface area contributed by atoms with Gasteiger partial charge in [-0.25, -0.2) is 0 Å². The third-order valence-electron chi connectivity index (χ3n) is 4.66. The zero-order chi connectivity index (χ0) is 18.2. The number of hydrogen-bond acceptors (Lipinski definition) is 5. The summed E-state index contributed by atoms with van der Waals surface area (Å²) in [7, 11) is 3.42. The van der Waals surface area contributed by atoms with E-state index in [-0.39, 0.29) is 24.8 Å². The summed E-state index contributed by atoms with van der Waals surface area (Å²) in [5.74, 6) is 1.84.